The first-order chi connectivity index (χ1) is 13.7. The van der Waals surface area contributed by atoms with Crippen molar-refractivity contribution < 1.29 is 4.74 Å². The quantitative estimate of drug-likeness (QED) is 0.663. The summed E-state index contributed by atoms with van der Waals surface area (Å²) < 4.78 is 5.23. The van der Waals surface area contributed by atoms with Gasteiger partial charge in [-0.15, -0.1) is 11.3 Å². The molecule has 0 radical (unpaired) electrons. The minimum absolute atomic E-state index is 0.424. The molecule has 4 rings (SSSR count). The summed E-state index contributed by atoms with van der Waals surface area (Å²) in [7, 11) is 1.76. The summed E-state index contributed by atoms with van der Waals surface area (Å²) >= 11 is 1.71. The van der Waals surface area contributed by atoms with Gasteiger partial charge < -0.3 is 15.0 Å². The molecule has 152 valence electrons. The normalized spacial score (nSPS) is 23.4. The van der Waals surface area contributed by atoms with Crippen LogP contribution >= 0.6 is 11.3 Å². The van der Waals surface area contributed by atoms with Crippen LogP contribution < -0.4 is 21.1 Å². The summed E-state index contributed by atoms with van der Waals surface area (Å²) in [5, 5.41) is 7.02. The molecule has 3 heterocycles. The molecule has 2 unspecified atom stereocenters. The van der Waals surface area contributed by atoms with Gasteiger partial charge in [0.05, 0.1) is 17.3 Å². The van der Waals surface area contributed by atoms with Crippen LogP contribution in [0.1, 0.15) is 24.3 Å². The molecular formula is C21H31N5OS. The highest BCUT2D eigenvalue weighted by molar-refractivity contribution is 7.09. The minimum atomic E-state index is 0.424. The third kappa shape index (κ3) is 4.90. The molecule has 3 N–H and O–H groups in total. The van der Waals surface area contributed by atoms with Crippen molar-refractivity contribution in [2.75, 3.05) is 38.3 Å². The first kappa shape index (κ1) is 19.8. The van der Waals surface area contributed by atoms with Gasteiger partial charge in [0, 0.05) is 61.5 Å². The molecule has 2 aliphatic rings. The van der Waals surface area contributed by atoms with E-state index in [1.807, 2.05) is 0 Å². The SMILES string of the molecule is COCC1CC(CNC2CCN(c3cccc(-c4csc(C)n4)c3)CC2)NN1. The molecule has 0 spiro atoms. The lowest BCUT2D eigenvalue weighted by Gasteiger charge is -2.34. The van der Waals surface area contributed by atoms with E-state index in [9.17, 15) is 0 Å². The number of hydrogen-bond donors (Lipinski definition) is 3. The molecule has 0 bridgehead atoms. The molecule has 0 amide bonds. The number of methoxy groups -OCH3 is 1. The Hall–Kier alpha value is -1.51. The average Bonchev–Trinajstić information content (AvgIpc) is 3.36. The maximum absolute atomic E-state index is 5.23. The number of aromatic nitrogens is 1. The lowest BCUT2D eigenvalue weighted by molar-refractivity contribution is 0.171. The fourth-order valence-electron chi connectivity index (χ4n) is 4.15. The van der Waals surface area contributed by atoms with Crippen LogP contribution in [0, 0.1) is 6.92 Å². The molecular weight excluding hydrogens is 370 g/mol. The van der Waals surface area contributed by atoms with E-state index < -0.39 is 0 Å². The Balaban J connectivity index is 1.25. The summed E-state index contributed by atoms with van der Waals surface area (Å²) in [6.07, 6.45) is 3.48. The van der Waals surface area contributed by atoms with Crippen molar-refractivity contribution >= 4 is 17.0 Å². The van der Waals surface area contributed by atoms with Gasteiger partial charge in [-0.1, -0.05) is 12.1 Å². The fourth-order valence-corrected chi connectivity index (χ4v) is 4.77. The number of ether oxygens (including phenoxy) is 1. The van der Waals surface area contributed by atoms with Gasteiger partial charge in [0.15, 0.2) is 0 Å². The van der Waals surface area contributed by atoms with Gasteiger partial charge in [-0.2, -0.15) is 0 Å². The second-order valence-electron chi connectivity index (χ2n) is 7.85. The smallest absolute Gasteiger partial charge is 0.0901 e. The molecule has 2 aliphatic heterocycles. The minimum Gasteiger partial charge on any atom is -0.383 e. The number of aryl methyl sites for hydroxylation is 1. The summed E-state index contributed by atoms with van der Waals surface area (Å²) in [6.45, 7) is 6.03. The Morgan fingerprint density at radius 1 is 1.25 bits per heavy atom. The van der Waals surface area contributed by atoms with Crippen LogP contribution in [0.4, 0.5) is 5.69 Å². The maximum Gasteiger partial charge on any atom is 0.0901 e. The Morgan fingerprint density at radius 2 is 2.07 bits per heavy atom. The van der Waals surface area contributed by atoms with E-state index in [0.29, 0.717) is 18.1 Å². The number of anilines is 1. The number of nitrogens with zero attached hydrogens (tertiary/aromatic N) is 2. The zero-order valence-electron chi connectivity index (χ0n) is 16.8. The Labute approximate surface area is 171 Å². The zero-order valence-corrected chi connectivity index (χ0v) is 17.6. The molecule has 2 saturated heterocycles. The number of hydrazine groups is 1. The molecule has 2 aromatic rings. The molecule has 0 aliphatic carbocycles. The number of rotatable bonds is 7. The van der Waals surface area contributed by atoms with Crippen LogP contribution in [-0.4, -0.2) is 56.5 Å². The molecule has 1 aromatic heterocycles. The highest BCUT2D eigenvalue weighted by Gasteiger charge is 2.25. The molecule has 7 heteroatoms. The van der Waals surface area contributed by atoms with Gasteiger partial charge in [-0.3, -0.25) is 10.9 Å². The summed E-state index contributed by atoms with van der Waals surface area (Å²) in [5.41, 5.74) is 10.3. The van der Waals surface area contributed by atoms with Crippen molar-refractivity contribution in [1.29, 1.82) is 0 Å². The van der Waals surface area contributed by atoms with Crippen molar-refractivity contribution in [3.63, 3.8) is 0 Å². The third-order valence-corrected chi connectivity index (χ3v) is 6.48. The van der Waals surface area contributed by atoms with E-state index in [4.69, 9.17) is 4.74 Å². The van der Waals surface area contributed by atoms with Gasteiger partial charge in [0.25, 0.3) is 0 Å². The lowest BCUT2D eigenvalue weighted by Crippen LogP contribution is -2.47. The maximum atomic E-state index is 5.23. The lowest BCUT2D eigenvalue weighted by atomic mass is 10.0. The molecule has 6 nitrogen and oxygen atoms in total. The highest BCUT2D eigenvalue weighted by Crippen LogP contribution is 2.27. The summed E-state index contributed by atoms with van der Waals surface area (Å²) in [5.74, 6) is 0. The van der Waals surface area contributed by atoms with Crippen LogP contribution in [0.3, 0.4) is 0 Å². The van der Waals surface area contributed by atoms with E-state index >= 15 is 0 Å². The van der Waals surface area contributed by atoms with Crippen LogP contribution in [0.5, 0.6) is 0 Å². The molecule has 2 atom stereocenters. The molecule has 0 saturated carbocycles. The number of thiazole rings is 1. The van der Waals surface area contributed by atoms with Gasteiger partial charge in [-0.05, 0) is 38.3 Å². The third-order valence-electron chi connectivity index (χ3n) is 5.70. The molecule has 2 fully saturated rings. The van der Waals surface area contributed by atoms with Crippen LogP contribution in [-0.2, 0) is 4.74 Å². The van der Waals surface area contributed by atoms with Gasteiger partial charge in [-0.25, -0.2) is 4.98 Å². The van der Waals surface area contributed by atoms with Crippen molar-refractivity contribution in [3.8, 4) is 11.3 Å². The number of hydrogen-bond acceptors (Lipinski definition) is 7. The monoisotopic (exact) mass is 401 g/mol. The topological polar surface area (TPSA) is 61.5 Å². The molecule has 28 heavy (non-hydrogen) atoms. The van der Waals surface area contributed by atoms with E-state index in [1.54, 1.807) is 18.4 Å². The Kier molecular flexibility index (Phi) is 6.59. The fraction of sp³-hybridized carbons (Fsp3) is 0.571. The van der Waals surface area contributed by atoms with E-state index in [1.165, 1.54) is 24.1 Å². The number of benzene rings is 1. The second kappa shape index (κ2) is 9.33. The van der Waals surface area contributed by atoms with Crippen molar-refractivity contribution in [3.05, 3.63) is 34.7 Å². The van der Waals surface area contributed by atoms with Crippen LogP contribution in [0.15, 0.2) is 29.6 Å². The van der Waals surface area contributed by atoms with Crippen LogP contribution in [0.25, 0.3) is 11.3 Å². The van der Waals surface area contributed by atoms with Crippen molar-refractivity contribution in [2.24, 2.45) is 0 Å². The highest BCUT2D eigenvalue weighted by atomic mass is 32.1. The summed E-state index contributed by atoms with van der Waals surface area (Å²) in [4.78, 5) is 7.13. The number of piperidine rings is 1. The second-order valence-corrected chi connectivity index (χ2v) is 8.91. The predicted molar refractivity (Wildman–Crippen MR) is 116 cm³/mol. The average molecular weight is 402 g/mol. The first-order valence-electron chi connectivity index (χ1n) is 10.2. The Bertz CT molecular complexity index is 759. The standard InChI is InChI=1S/C21H31N5OS/c1-15-23-21(14-28-15)16-4-3-5-20(10-16)26-8-6-17(7-9-26)22-12-18-11-19(13-27-2)25-24-18/h3-5,10,14,17-19,22,24-25H,6-9,11-13H2,1-2H3. The van der Waals surface area contributed by atoms with Gasteiger partial charge in [0.1, 0.15) is 0 Å². The molecule has 1 aromatic carbocycles. The zero-order chi connectivity index (χ0) is 19.3. The van der Waals surface area contributed by atoms with E-state index in [0.717, 1.165) is 43.4 Å². The number of nitrogens with one attached hydrogen (secondary N) is 3. The summed E-state index contributed by atoms with van der Waals surface area (Å²) in [6, 6.07) is 10.3. The van der Waals surface area contributed by atoms with Crippen molar-refractivity contribution in [1.82, 2.24) is 21.2 Å². The van der Waals surface area contributed by atoms with Gasteiger partial charge in [0.2, 0.25) is 0 Å². The van der Waals surface area contributed by atoms with E-state index in [2.05, 4.69) is 62.6 Å². The first-order valence-corrected chi connectivity index (χ1v) is 11.1. The van der Waals surface area contributed by atoms with Gasteiger partial charge >= 0.3 is 0 Å². The van der Waals surface area contributed by atoms with E-state index in [-0.39, 0.29) is 0 Å². The largest absolute Gasteiger partial charge is 0.383 e. The Morgan fingerprint density at radius 3 is 2.82 bits per heavy atom. The predicted octanol–water partition coefficient (Wildman–Crippen LogP) is 2.56. The van der Waals surface area contributed by atoms with Crippen molar-refractivity contribution in [2.45, 2.75) is 44.3 Å². The van der Waals surface area contributed by atoms with Crippen LogP contribution in [0.2, 0.25) is 0 Å².